The van der Waals surface area contributed by atoms with Crippen molar-refractivity contribution in [3.05, 3.63) is 0 Å². The largest absolute Gasteiger partial charge is 0.371 e. The minimum Gasteiger partial charge on any atom is -0.371 e. The molecular formula is C7H15N3O2. The van der Waals surface area contributed by atoms with E-state index in [9.17, 15) is 4.79 Å². The smallest absolute Gasteiger partial charge is 0.262 e. The lowest BCUT2D eigenvalue weighted by atomic mass is 10.1. The van der Waals surface area contributed by atoms with E-state index in [1.165, 1.54) is 0 Å². The lowest BCUT2D eigenvalue weighted by Gasteiger charge is -2.21. The molecule has 5 nitrogen and oxygen atoms in total. The van der Waals surface area contributed by atoms with E-state index >= 15 is 0 Å². The van der Waals surface area contributed by atoms with Crippen LogP contribution in [0.4, 0.5) is 0 Å². The van der Waals surface area contributed by atoms with Gasteiger partial charge in [0.15, 0.2) is 0 Å². The van der Waals surface area contributed by atoms with E-state index in [2.05, 4.69) is 5.43 Å². The molecule has 1 fully saturated rings. The van der Waals surface area contributed by atoms with Crippen LogP contribution in [0.2, 0.25) is 0 Å². The molecule has 0 radical (unpaired) electrons. The molecular weight excluding hydrogens is 158 g/mol. The van der Waals surface area contributed by atoms with Gasteiger partial charge in [0, 0.05) is 19.5 Å². The van der Waals surface area contributed by atoms with Crippen LogP contribution in [0.1, 0.15) is 0 Å². The number of nitrogens with zero attached hydrogens (tertiary/aromatic N) is 1. The first-order valence-electron chi connectivity index (χ1n) is 4.03. The highest BCUT2D eigenvalue weighted by molar-refractivity contribution is 5.77. The molecule has 1 saturated heterocycles. The molecule has 1 aliphatic heterocycles. The molecule has 0 aromatic heterocycles. The Morgan fingerprint density at radius 1 is 1.83 bits per heavy atom. The van der Waals surface area contributed by atoms with Crippen molar-refractivity contribution >= 4 is 5.91 Å². The Bertz CT molecular complexity index is 163. The molecule has 70 valence electrons. The van der Waals surface area contributed by atoms with Crippen molar-refractivity contribution in [2.45, 2.75) is 0 Å². The van der Waals surface area contributed by atoms with Gasteiger partial charge in [-0.1, -0.05) is 0 Å². The van der Waals surface area contributed by atoms with Crippen molar-refractivity contribution in [2.75, 3.05) is 33.4 Å². The normalized spacial score (nSPS) is 25.7. The van der Waals surface area contributed by atoms with Crippen LogP contribution >= 0.6 is 0 Å². The predicted octanol–water partition coefficient (Wildman–Crippen LogP) is -1.45. The standard InChI is InChI=1S/C7H15N3O2/c1-9-10-3-6(2-8)4-12-5-7(10)11/h6,9H,2-5,8H2,1H3/t6-/m0/s1. The molecule has 0 aliphatic carbocycles. The Morgan fingerprint density at radius 3 is 3.17 bits per heavy atom. The van der Waals surface area contributed by atoms with E-state index < -0.39 is 0 Å². The van der Waals surface area contributed by atoms with Crippen LogP contribution in [0.25, 0.3) is 0 Å². The molecule has 12 heavy (non-hydrogen) atoms. The van der Waals surface area contributed by atoms with Crippen LogP contribution in [0.15, 0.2) is 0 Å². The Morgan fingerprint density at radius 2 is 2.58 bits per heavy atom. The summed E-state index contributed by atoms with van der Waals surface area (Å²) in [6.07, 6.45) is 0. The highest BCUT2D eigenvalue weighted by Crippen LogP contribution is 2.03. The zero-order valence-electron chi connectivity index (χ0n) is 7.25. The topological polar surface area (TPSA) is 67.6 Å². The second kappa shape index (κ2) is 4.39. The Kier molecular flexibility index (Phi) is 3.46. The minimum atomic E-state index is -0.0338. The molecule has 1 rings (SSSR count). The fourth-order valence-corrected chi connectivity index (χ4v) is 1.16. The first-order valence-corrected chi connectivity index (χ1v) is 4.03. The molecule has 0 aromatic carbocycles. The predicted molar refractivity (Wildman–Crippen MR) is 44.1 cm³/mol. The summed E-state index contributed by atoms with van der Waals surface area (Å²) in [6, 6.07) is 0. The SMILES string of the molecule is CNN1C[C@H](CN)COCC1=O. The van der Waals surface area contributed by atoms with Crippen LogP contribution in [0.5, 0.6) is 0 Å². The van der Waals surface area contributed by atoms with E-state index in [0.29, 0.717) is 19.7 Å². The van der Waals surface area contributed by atoms with Gasteiger partial charge in [-0.05, 0) is 6.54 Å². The third kappa shape index (κ3) is 2.17. The number of carbonyl (C=O) groups is 1. The van der Waals surface area contributed by atoms with E-state index in [0.717, 1.165) is 0 Å². The number of ether oxygens (including phenoxy) is 1. The van der Waals surface area contributed by atoms with Crippen LogP contribution in [0, 0.1) is 5.92 Å². The van der Waals surface area contributed by atoms with Crippen molar-refractivity contribution in [3.8, 4) is 0 Å². The monoisotopic (exact) mass is 173 g/mol. The first kappa shape index (κ1) is 9.44. The highest BCUT2D eigenvalue weighted by atomic mass is 16.5. The van der Waals surface area contributed by atoms with E-state index in [1.807, 2.05) is 0 Å². The Labute approximate surface area is 71.8 Å². The summed E-state index contributed by atoms with van der Waals surface area (Å²) < 4.78 is 5.13. The maximum Gasteiger partial charge on any atom is 0.262 e. The second-order valence-corrected chi connectivity index (χ2v) is 2.84. The van der Waals surface area contributed by atoms with Gasteiger partial charge in [-0.15, -0.1) is 0 Å². The summed E-state index contributed by atoms with van der Waals surface area (Å²) in [6.45, 7) is 1.90. The van der Waals surface area contributed by atoms with Gasteiger partial charge in [-0.25, -0.2) is 5.43 Å². The minimum absolute atomic E-state index is 0.0338. The number of hydrogen-bond acceptors (Lipinski definition) is 4. The fraction of sp³-hybridized carbons (Fsp3) is 0.857. The van der Waals surface area contributed by atoms with Crippen LogP contribution in [-0.4, -0.2) is 44.3 Å². The molecule has 5 heteroatoms. The summed E-state index contributed by atoms with van der Waals surface area (Å²) in [5, 5.41) is 1.55. The van der Waals surface area contributed by atoms with Gasteiger partial charge in [-0.2, -0.15) is 0 Å². The van der Waals surface area contributed by atoms with E-state index in [1.54, 1.807) is 12.1 Å². The number of hydrogen-bond donors (Lipinski definition) is 2. The Hall–Kier alpha value is -0.650. The number of amides is 1. The second-order valence-electron chi connectivity index (χ2n) is 2.84. The van der Waals surface area contributed by atoms with E-state index in [-0.39, 0.29) is 18.4 Å². The molecule has 1 aliphatic rings. The number of nitrogens with two attached hydrogens (primary N) is 1. The van der Waals surface area contributed by atoms with Crippen LogP contribution in [-0.2, 0) is 9.53 Å². The van der Waals surface area contributed by atoms with Crippen LogP contribution in [0.3, 0.4) is 0 Å². The zero-order chi connectivity index (χ0) is 8.97. The van der Waals surface area contributed by atoms with Crippen molar-refractivity contribution in [1.29, 1.82) is 0 Å². The van der Waals surface area contributed by atoms with Crippen molar-refractivity contribution in [2.24, 2.45) is 11.7 Å². The summed E-state index contributed by atoms with van der Waals surface area (Å²) in [5.74, 6) is 0.206. The van der Waals surface area contributed by atoms with Gasteiger partial charge >= 0.3 is 0 Å². The van der Waals surface area contributed by atoms with Gasteiger partial charge < -0.3 is 10.5 Å². The van der Waals surface area contributed by atoms with Gasteiger partial charge in [0.1, 0.15) is 6.61 Å². The zero-order valence-corrected chi connectivity index (χ0v) is 7.25. The number of nitrogens with one attached hydrogen (secondary N) is 1. The third-order valence-corrected chi connectivity index (χ3v) is 1.92. The molecule has 0 bridgehead atoms. The summed E-state index contributed by atoms with van der Waals surface area (Å²) in [7, 11) is 1.72. The van der Waals surface area contributed by atoms with Crippen molar-refractivity contribution in [1.82, 2.24) is 10.4 Å². The third-order valence-electron chi connectivity index (χ3n) is 1.92. The fourth-order valence-electron chi connectivity index (χ4n) is 1.16. The van der Waals surface area contributed by atoms with Crippen LogP contribution < -0.4 is 11.2 Å². The van der Waals surface area contributed by atoms with Gasteiger partial charge in [0.05, 0.1) is 6.61 Å². The number of carbonyl (C=O) groups excluding carboxylic acids is 1. The average molecular weight is 173 g/mol. The molecule has 0 aromatic rings. The van der Waals surface area contributed by atoms with Gasteiger partial charge in [-0.3, -0.25) is 9.80 Å². The summed E-state index contributed by atoms with van der Waals surface area (Å²) in [5.41, 5.74) is 8.30. The number of rotatable bonds is 2. The highest BCUT2D eigenvalue weighted by Gasteiger charge is 2.21. The van der Waals surface area contributed by atoms with E-state index in [4.69, 9.17) is 10.5 Å². The Balaban J connectivity index is 2.52. The molecule has 3 N–H and O–H groups in total. The van der Waals surface area contributed by atoms with Gasteiger partial charge in [0.25, 0.3) is 5.91 Å². The number of hydrazine groups is 1. The molecule has 0 spiro atoms. The molecule has 1 atom stereocenters. The maximum atomic E-state index is 11.2. The van der Waals surface area contributed by atoms with Gasteiger partial charge in [0.2, 0.25) is 0 Å². The molecule has 1 heterocycles. The molecule has 0 saturated carbocycles. The average Bonchev–Trinajstić information content (AvgIpc) is 2.27. The quantitative estimate of drug-likeness (QED) is 0.536. The molecule has 0 unspecified atom stereocenters. The summed E-state index contributed by atoms with van der Waals surface area (Å²) >= 11 is 0. The maximum absolute atomic E-state index is 11.2. The first-order chi connectivity index (χ1) is 5.77. The van der Waals surface area contributed by atoms with Crippen molar-refractivity contribution in [3.63, 3.8) is 0 Å². The molecule has 1 amide bonds. The lowest BCUT2D eigenvalue weighted by Crippen LogP contribution is -2.44. The lowest BCUT2D eigenvalue weighted by molar-refractivity contribution is -0.136. The van der Waals surface area contributed by atoms with Crippen molar-refractivity contribution < 1.29 is 9.53 Å². The summed E-state index contributed by atoms with van der Waals surface area (Å²) in [4.78, 5) is 11.2.